The number of amidine groups is 1. The number of nitrogens with zero attached hydrogens (tertiary/aromatic N) is 5. The molecule has 45 heavy (non-hydrogen) atoms. The van der Waals surface area contributed by atoms with Gasteiger partial charge in [0.1, 0.15) is 5.75 Å². The van der Waals surface area contributed by atoms with Crippen LogP contribution in [-0.2, 0) is 27.7 Å². The first kappa shape index (κ1) is 32.0. The minimum absolute atomic E-state index is 0.0188. The Bertz CT molecular complexity index is 1620. The summed E-state index contributed by atoms with van der Waals surface area (Å²) in [5, 5.41) is 0.747. The zero-order valence-electron chi connectivity index (χ0n) is 25.2. The second kappa shape index (κ2) is 13.8. The fourth-order valence-electron chi connectivity index (χ4n) is 6.59. The highest BCUT2D eigenvalue weighted by Gasteiger charge is 2.34. The number of carbonyl (C=O) groups is 1. The Labute approximate surface area is 278 Å². The molecule has 0 N–H and O–H groups in total. The fraction of sp³-hybridized carbons (Fsp3) is 0.424. The Morgan fingerprint density at radius 3 is 2.40 bits per heavy atom. The van der Waals surface area contributed by atoms with Crippen LogP contribution in [0.1, 0.15) is 47.7 Å². The second-order valence-electron chi connectivity index (χ2n) is 12.0. The molecule has 2 saturated heterocycles. The Kier molecular flexibility index (Phi) is 9.79. The minimum Gasteiger partial charge on any atom is -0.425 e. The number of aryl methyl sites for hydroxylation is 2. The number of carbonyl (C=O) groups excluding carboxylic acids is 1. The lowest BCUT2D eigenvalue weighted by atomic mass is 9.93. The van der Waals surface area contributed by atoms with Crippen LogP contribution in [0, 0.1) is 5.92 Å². The van der Waals surface area contributed by atoms with Gasteiger partial charge in [-0.2, -0.15) is 0 Å². The van der Waals surface area contributed by atoms with Gasteiger partial charge in [-0.05, 0) is 94.6 Å². The molecule has 1 amide bonds. The summed E-state index contributed by atoms with van der Waals surface area (Å²) >= 11 is 9.99. The van der Waals surface area contributed by atoms with E-state index >= 15 is 0 Å². The van der Waals surface area contributed by atoms with Crippen molar-refractivity contribution in [2.24, 2.45) is 10.3 Å². The molecule has 0 bridgehead atoms. The number of rotatable bonds is 5. The van der Waals surface area contributed by atoms with E-state index in [1.807, 2.05) is 40.3 Å². The molecule has 3 aliphatic rings. The summed E-state index contributed by atoms with van der Waals surface area (Å²) in [4.78, 5) is 24.7. The normalized spacial score (nSPS) is 19.9. The zero-order valence-corrected chi connectivity index (χ0v) is 28.4. The van der Waals surface area contributed by atoms with Crippen molar-refractivity contribution in [1.29, 1.82) is 0 Å². The van der Waals surface area contributed by atoms with Crippen molar-refractivity contribution in [3.63, 3.8) is 0 Å². The summed E-state index contributed by atoms with van der Waals surface area (Å²) < 4.78 is 34.7. The van der Waals surface area contributed by atoms with Crippen LogP contribution in [0.2, 0.25) is 5.02 Å². The first-order valence-corrected chi connectivity index (χ1v) is 18.4. The van der Waals surface area contributed by atoms with Gasteiger partial charge in [0.2, 0.25) is 5.91 Å². The zero-order chi connectivity index (χ0) is 31.6. The standard InChI is InChI=1S/C33H37BrClN5O4S/c1-45(42,43)37-33(44-28-5-3-2-4-6-28)40-13-11-23(12-14-40)19-30(41)38-15-17-39(18-16-38)32-29-10-9-27(35)21-24(29)7-8-25-20-26(34)22-36-31(25)32/h2-6,9-10,20-23,32H,7-8,11-19H2,1H3. The molecule has 3 aromatic rings. The number of benzene rings is 2. The lowest BCUT2D eigenvalue weighted by molar-refractivity contribution is -0.134. The van der Waals surface area contributed by atoms with Crippen molar-refractivity contribution in [3.8, 4) is 5.75 Å². The number of amides is 1. The molecule has 3 heterocycles. The Balaban J connectivity index is 1.07. The molecule has 0 radical (unpaired) electrons. The number of pyridine rings is 1. The van der Waals surface area contributed by atoms with Gasteiger partial charge >= 0.3 is 6.02 Å². The number of fused-ring (bicyclic) bond motifs is 2. The molecule has 2 aliphatic heterocycles. The summed E-state index contributed by atoms with van der Waals surface area (Å²) in [7, 11) is -3.65. The van der Waals surface area contributed by atoms with Gasteiger partial charge in [0.15, 0.2) is 0 Å². The summed E-state index contributed by atoms with van der Waals surface area (Å²) in [6, 6.07) is 17.5. The van der Waals surface area contributed by atoms with Crippen molar-refractivity contribution < 1.29 is 17.9 Å². The van der Waals surface area contributed by atoms with Gasteiger partial charge in [-0.3, -0.25) is 14.7 Å². The van der Waals surface area contributed by atoms with Crippen molar-refractivity contribution in [2.75, 3.05) is 45.5 Å². The molecule has 1 aromatic heterocycles. The third-order valence-electron chi connectivity index (χ3n) is 8.87. The van der Waals surface area contributed by atoms with E-state index in [4.69, 9.17) is 21.3 Å². The van der Waals surface area contributed by atoms with E-state index in [-0.39, 0.29) is 23.9 Å². The number of para-hydroxylation sites is 1. The monoisotopic (exact) mass is 713 g/mol. The predicted octanol–water partition coefficient (Wildman–Crippen LogP) is 5.33. The minimum atomic E-state index is -3.65. The summed E-state index contributed by atoms with van der Waals surface area (Å²) in [6.07, 6.45) is 6.75. The molecule has 2 aromatic carbocycles. The van der Waals surface area contributed by atoms with Crippen LogP contribution in [0.5, 0.6) is 5.75 Å². The lowest BCUT2D eigenvalue weighted by Crippen LogP contribution is -2.50. The SMILES string of the molecule is CS(=O)(=O)N=C(Oc1ccccc1)N1CCC(CC(=O)N2CCN(C3c4ccc(Cl)cc4CCc4cc(Br)cnc43)CC2)CC1. The van der Waals surface area contributed by atoms with Crippen LogP contribution >= 0.6 is 27.5 Å². The van der Waals surface area contributed by atoms with Crippen LogP contribution in [0.25, 0.3) is 0 Å². The van der Waals surface area contributed by atoms with Gasteiger partial charge in [0, 0.05) is 61.4 Å². The number of ether oxygens (including phenoxy) is 1. The number of aromatic nitrogens is 1. The fourth-order valence-corrected chi connectivity index (χ4v) is 7.60. The molecule has 9 nitrogen and oxygen atoms in total. The molecule has 2 fully saturated rings. The van der Waals surface area contributed by atoms with E-state index in [0.717, 1.165) is 60.2 Å². The summed E-state index contributed by atoms with van der Waals surface area (Å²) in [6.45, 7) is 3.99. The largest absolute Gasteiger partial charge is 0.425 e. The maximum Gasteiger partial charge on any atom is 0.308 e. The van der Waals surface area contributed by atoms with Crippen molar-refractivity contribution >= 4 is 49.5 Å². The van der Waals surface area contributed by atoms with Crippen LogP contribution in [0.3, 0.4) is 0 Å². The maximum atomic E-state index is 13.5. The van der Waals surface area contributed by atoms with Gasteiger partial charge in [-0.25, -0.2) is 8.42 Å². The molecular weight excluding hydrogens is 678 g/mol. The molecule has 1 atom stereocenters. The van der Waals surface area contributed by atoms with Gasteiger partial charge in [0.05, 0.1) is 18.0 Å². The number of hydrogen-bond donors (Lipinski definition) is 0. The van der Waals surface area contributed by atoms with Crippen LogP contribution < -0.4 is 4.74 Å². The highest BCUT2D eigenvalue weighted by Crippen LogP contribution is 2.38. The molecule has 6 rings (SSSR count). The third-order valence-corrected chi connectivity index (χ3v) is 10.0. The van der Waals surface area contributed by atoms with E-state index in [1.54, 1.807) is 12.1 Å². The number of piperidine rings is 1. The van der Waals surface area contributed by atoms with Crippen LogP contribution in [0.4, 0.5) is 0 Å². The third kappa shape index (κ3) is 7.88. The first-order chi connectivity index (χ1) is 21.6. The molecule has 1 aliphatic carbocycles. The summed E-state index contributed by atoms with van der Waals surface area (Å²) in [5.41, 5.74) is 4.83. The van der Waals surface area contributed by atoms with Crippen molar-refractivity contribution in [1.82, 2.24) is 19.7 Å². The molecule has 0 spiro atoms. The highest BCUT2D eigenvalue weighted by molar-refractivity contribution is 9.10. The van der Waals surface area contributed by atoms with Gasteiger partial charge in [-0.15, -0.1) is 4.40 Å². The molecular formula is C33H37BrClN5O4S. The van der Waals surface area contributed by atoms with Gasteiger partial charge in [-0.1, -0.05) is 35.9 Å². The molecule has 1 unspecified atom stereocenters. The Hall–Kier alpha value is -2.99. The van der Waals surface area contributed by atoms with E-state index in [2.05, 4.69) is 43.4 Å². The van der Waals surface area contributed by atoms with Crippen LogP contribution in [0.15, 0.2) is 69.7 Å². The van der Waals surface area contributed by atoms with E-state index < -0.39 is 10.0 Å². The average molecular weight is 715 g/mol. The number of piperazine rings is 1. The number of halogens is 2. The second-order valence-corrected chi connectivity index (χ2v) is 15.0. The van der Waals surface area contributed by atoms with Crippen LogP contribution in [-0.4, -0.2) is 85.6 Å². The van der Waals surface area contributed by atoms with Crippen molar-refractivity contribution in [3.05, 3.63) is 92.7 Å². The van der Waals surface area contributed by atoms with Gasteiger partial charge in [0.25, 0.3) is 10.0 Å². The van der Waals surface area contributed by atoms with E-state index in [1.165, 1.54) is 16.7 Å². The number of sulfonamides is 1. The Morgan fingerprint density at radius 1 is 0.978 bits per heavy atom. The van der Waals surface area contributed by atoms with Crippen molar-refractivity contribution in [2.45, 2.75) is 38.1 Å². The molecule has 12 heteroatoms. The van der Waals surface area contributed by atoms with E-state index in [0.29, 0.717) is 38.3 Å². The molecule has 0 saturated carbocycles. The quantitative estimate of drug-likeness (QED) is 0.261. The van der Waals surface area contributed by atoms with Gasteiger partial charge < -0.3 is 14.5 Å². The first-order valence-electron chi connectivity index (χ1n) is 15.4. The highest BCUT2D eigenvalue weighted by atomic mass is 79.9. The van der Waals surface area contributed by atoms with E-state index in [9.17, 15) is 13.2 Å². The lowest BCUT2D eigenvalue weighted by Gasteiger charge is -2.40. The Morgan fingerprint density at radius 2 is 1.69 bits per heavy atom. The maximum absolute atomic E-state index is 13.5. The smallest absolute Gasteiger partial charge is 0.308 e. The summed E-state index contributed by atoms with van der Waals surface area (Å²) in [5.74, 6) is 0.921. The topological polar surface area (TPSA) is 95.4 Å². The average Bonchev–Trinajstić information content (AvgIpc) is 3.17. The molecule has 238 valence electrons. The number of hydrogen-bond acceptors (Lipinski definition) is 6. The predicted molar refractivity (Wildman–Crippen MR) is 179 cm³/mol. The number of likely N-dealkylation sites (tertiary alicyclic amines) is 1.